The summed E-state index contributed by atoms with van der Waals surface area (Å²) in [5.74, 6) is 0. The van der Waals surface area contributed by atoms with E-state index in [4.69, 9.17) is 0 Å². The van der Waals surface area contributed by atoms with Gasteiger partial charge in [-0.3, -0.25) is 4.68 Å². The van der Waals surface area contributed by atoms with Crippen LogP contribution in [-0.2, 0) is 6.54 Å². The van der Waals surface area contributed by atoms with Crippen LogP contribution in [0.2, 0.25) is 0 Å². The van der Waals surface area contributed by atoms with Crippen LogP contribution < -0.4 is 0 Å². The summed E-state index contributed by atoms with van der Waals surface area (Å²) in [6.45, 7) is 9.12. The topological polar surface area (TPSA) is 38.1 Å². The molecule has 3 heteroatoms. The summed E-state index contributed by atoms with van der Waals surface area (Å²) in [4.78, 5) is 0. The molecule has 0 aliphatic rings. The molecule has 0 radical (unpaired) electrons. The Morgan fingerprint density at radius 2 is 1.84 bits per heavy atom. The standard InChI is InChI=1S/C16H22N2O/c1-5-16(19)14-8-17-18(9-14)10-15-12(3)6-11(2)7-13(15)4/h6-9,16,19H,5,10H2,1-4H3. The SMILES string of the molecule is CCC(O)c1cnn(Cc2c(C)cc(C)cc2C)c1. The van der Waals surface area contributed by atoms with E-state index in [1.807, 2.05) is 17.8 Å². The summed E-state index contributed by atoms with van der Waals surface area (Å²) in [5, 5.41) is 14.1. The van der Waals surface area contributed by atoms with E-state index < -0.39 is 6.10 Å². The maximum absolute atomic E-state index is 9.80. The second-order valence-electron chi connectivity index (χ2n) is 5.27. The molecule has 0 saturated carbocycles. The van der Waals surface area contributed by atoms with Crippen molar-refractivity contribution in [1.29, 1.82) is 0 Å². The van der Waals surface area contributed by atoms with Crippen molar-refractivity contribution < 1.29 is 5.11 Å². The number of aliphatic hydroxyl groups excluding tert-OH is 1. The lowest BCUT2D eigenvalue weighted by Gasteiger charge is -2.11. The number of hydrogen-bond donors (Lipinski definition) is 1. The van der Waals surface area contributed by atoms with Crippen molar-refractivity contribution in [3.05, 3.63) is 52.3 Å². The van der Waals surface area contributed by atoms with E-state index in [9.17, 15) is 5.11 Å². The molecule has 0 aliphatic heterocycles. The monoisotopic (exact) mass is 258 g/mol. The smallest absolute Gasteiger partial charge is 0.0817 e. The van der Waals surface area contributed by atoms with Crippen LogP contribution in [-0.4, -0.2) is 14.9 Å². The Kier molecular flexibility index (Phi) is 4.05. The quantitative estimate of drug-likeness (QED) is 0.913. The van der Waals surface area contributed by atoms with Crippen molar-refractivity contribution >= 4 is 0 Å². The third-order valence-electron chi connectivity index (χ3n) is 3.59. The largest absolute Gasteiger partial charge is 0.388 e. The molecule has 0 spiro atoms. The van der Waals surface area contributed by atoms with E-state index in [2.05, 4.69) is 38.0 Å². The fraction of sp³-hybridized carbons (Fsp3) is 0.438. The number of aliphatic hydroxyl groups is 1. The van der Waals surface area contributed by atoms with Gasteiger partial charge in [-0.25, -0.2) is 0 Å². The Morgan fingerprint density at radius 3 is 2.42 bits per heavy atom. The minimum atomic E-state index is -0.408. The number of benzene rings is 1. The molecular formula is C16H22N2O. The maximum Gasteiger partial charge on any atom is 0.0817 e. The molecule has 0 amide bonds. The van der Waals surface area contributed by atoms with Gasteiger partial charge < -0.3 is 5.11 Å². The minimum absolute atomic E-state index is 0.408. The van der Waals surface area contributed by atoms with Gasteiger partial charge in [0.15, 0.2) is 0 Å². The van der Waals surface area contributed by atoms with Gasteiger partial charge in [0.2, 0.25) is 0 Å². The molecule has 1 aromatic heterocycles. The number of aryl methyl sites for hydroxylation is 3. The zero-order valence-corrected chi connectivity index (χ0v) is 12.1. The summed E-state index contributed by atoms with van der Waals surface area (Å²) < 4.78 is 1.90. The molecule has 0 bridgehead atoms. The average molecular weight is 258 g/mol. The Labute approximate surface area is 114 Å². The fourth-order valence-electron chi connectivity index (χ4n) is 2.50. The molecule has 2 aromatic rings. The Morgan fingerprint density at radius 1 is 1.21 bits per heavy atom. The number of hydrogen-bond acceptors (Lipinski definition) is 2. The lowest BCUT2D eigenvalue weighted by atomic mass is 10.00. The van der Waals surface area contributed by atoms with E-state index in [1.54, 1.807) is 6.20 Å². The van der Waals surface area contributed by atoms with Crippen LogP contribution in [0.3, 0.4) is 0 Å². The first-order chi connectivity index (χ1) is 9.01. The van der Waals surface area contributed by atoms with E-state index in [-0.39, 0.29) is 0 Å². The third kappa shape index (κ3) is 3.04. The van der Waals surface area contributed by atoms with Gasteiger partial charge in [-0.1, -0.05) is 24.6 Å². The highest BCUT2D eigenvalue weighted by molar-refractivity contribution is 5.37. The summed E-state index contributed by atoms with van der Waals surface area (Å²) in [5.41, 5.74) is 6.09. The zero-order chi connectivity index (χ0) is 14.0. The first-order valence-corrected chi connectivity index (χ1v) is 6.78. The van der Waals surface area contributed by atoms with Gasteiger partial charge in [-0.05, 0) is 43.9 Å². The third-order valence-corrected chi connectivity index (χ3v) is 3.59. The highest BCUT2D eigenvalue weighted by Gasteiger charge is 2.09. The summed E-state index contributed by atoms with van der Waals surface area (Å²) >= 11 is 0. The van der Waals surface area contributed by atoms with Crippen LogP contribution in [0.1, 0.15) is 47.3 Å². The van der Waals surface area contributed by atoms with Gasteiger partial charge in [0.25, 0.3) is 0 Å². The molecule has 1 aromatic carbocycles. The summed E-state index contributed by atoms with van der Waals surface area (Å²) in [6, 6.07) is 4.40. The molecule has 1 unspecified atom stereocenters. The molecule has 1 atom stereocenters. The Balaban J connectivity index is 2.24. The molecule has 1 heterocycles. The summed E-state index contributed by atoms with van der Waals surface area (Å²) in [6.07, 6.45) is 4.00. The lowest BCUT2D eigenvalue weighted by Crippen LogP contribution is -2.04. The van der Waals surface area contributed by atoms with Crippen LogP contribution in [0.15, 0.2) is 24.5 Å². The fourth-order valence-corrected chi connectivity index (χ4v) is 2.50. The molecule has 19 heavy (non-hydrogen) atoms. The first-order valence-electron chi connectivity index (χ1n) is 6.78. The van der Waals surface area contributed by atoms with Gasteiger partial charge in [0.05, 0.1) is 18.8 Å². The van der Waals surface area contributed by atoms with Crippen molar-refractivity contribution in [2.75, 3.05) is 0 Å². The van der Waals surface area contributed by atoms with Crippen molar-refractivity contribution in [2.45, 2.75) is 46.8 Å². The highest BCUT2D eigenvalue weighted by atomic mass is 16.3. The first kappa shape index (κ1) is 13.8. The van der Waals surface area contributed by atoms with Crippen molar-refractivity contribution in [2.24, 2.45) is 0 Å². The van der Waals surface area contributed by atoms with Crippen LogP contribution in [0.5, 0.6) is 0 Å². The molecule has 3 nitrogen and oxygen atoms in total. The number of nitrogens with zero attached hydrogens (tertiary/aromatic N) is 2. The zero-order valence-electron chi connectivity index (χ0n) is 12.1. The molecular weight excluding hydrogens is 236 g/mol. The molecule has 0 aliphatic carbocycles. The van der Waals surface area contributed by atoms with Crippen LogP contribution in [0.4, 0.5) is 0 Å². The maximum atomic E-state index is 9.80. The van der Waals surface area contributed by atoms with Crippen LogP contribution in [0.25, 0.3) is 0 Å². The van der Waals surface area contributed by atoms with Gasteiger partial charge >= 0.3 is 0 Å². The van der Waals surface area contributed by atoms with E-state index in [1.165, 1.54) is 22.3 Å². The van der Waals surface area contributed by atoms with Crippen LogP contribution in [0, 0.1) is 20.8 Å². The highest BCUT2D eigenvalue weighted by Crippen LogP contribution is 2.19. The van der Waals surface area contributed by atoms with Gasteiger partial charge in [-0.2, -0.15) is 5.10 Å². The molecule has 2 rings (SSSR count). The number of aromatic nitrogens is 2. The minimum Gasteiger partial charge on any atom is -0.388 e. The van der Waals surface area contributed by atoms with Gasteiger partial charge in [0, 0.05) is 11.8 Å². The molecule has 0 fully saturated rings. The Hall–Kier alpha value is -1.61. The Bertz CT molecular complexity index is 549. The van der Waals surface area contributed by atoms with Crippen molar-refractivity contribution in [3.8, 4) is 0 Å². The van der Waals surface area contributed by atoms with E-state index in [0.717, 1.165) is 12.1 Å². The second-order valence-corrected chi connectivity index (χ2v) is 5.27. The molecule has 1 N–H and O–H groups in total. The van der Waals surface area contributed by atoms with Crippen molar-refractivity contribution in [3.63, 3.8) is 0 Å². The van der Waals surface area contributed by atoms with Crippen LogP contribution >= 0.6 is 0 Å². The normalized spacial score (nSPS) is 12.7. The van der Waals surface area contributed by atoms with Gasteiger partial charge in [0.1, 0.15) is 0 Å². The average Bonchev–Trinajstić information content (AvgIpc) is 2.81. The predicted molar refractivity (Wildman–Crippen MR) is 77.2 cm³/mol. The van der Waals surface area contributed by atoms with E-state index in [0.29, 0.717) is 6.42 Å². The summed E-state index contributed by atoms with van der Waals surface area (Å²) in [7, 11) is 0. The molecule has 102 valence electrons. The van der Waals surface area contributed by atoms with Crippen molar-refractivity contribution in [1.82, 2.24) is 9.78 Å². The molecule has 0 saturated heterocycles. The van der Waals surface area contributed by atoms with E-state index >= 15 is 0 Å². The second kappa shape index (κ2) is 5.57. The number of rotatable bonds is 4. The van der Waals surface area contributed by atoms with Gasteiger partial charge in [-0.15, -0.1) is 0 Å². The predicted octanol–water partition coefficient (Wildman–Crippen LogP) is 3.30. The lowest BCUT2D eigenvalue weighted by molar-refractivity contribution is 0.173.